The Kier molecular flexibility index (Phi) is 4.73. The first-order valence-corrected chi connectivity index (χ1v) is 11.0. The minimum atomic E-state index is -0.507. The van der Waals surface area contributed by atoms with Crippen molar-refractivity contribution in [3.63, 3.8) is 0 Å². The van der Waals surface area contributed by atoms with Crippen molar-refractivity contribution >= 4 is 22.6 Å². The first-order valence-electron chi connectivity index (χ1n) is 11.0. The number of rotatable bonds is 2. The van der Waals surface area contributed by atoms with Gasteiger partial charge in [0.25, 0.3) is 0 Å². The highest BCUT2D eigenvalue weighted by Gasteiger charge is 2.40. The van der Waals surface area contributed by atoms with Gasteiger partial charge in [-0.1, -0.05) is 12.1 Å². The Morgan fingerprint density at radius 1 is 1.23 bits per heavy atom. The number of benzene rings is 1. The lowest BCUT2D eigenvalue weighted by atomic mass is 9.87. The summed E-state index contributed by atoms with van der Waals surface area (Å²) in [5.74, 6) is 1.76. The largest absolute Gasteiger partial charge is 0.377 e. The van der Waals surface area contributed by atoms with E-state index in [4.69, 9.17) is 14.7 Å². The number of fused-ring (bicyclic) bond motifs is 2. The quantitative estimate of drug-likeness (QED) is 0.688. The van der Waals surface area contributed by atoms with Crippen LogP contribution in [0.25, 0.3) is 22.3 Å². The Labute approximate surface area is 182 Å². The molecule has 1 aromatic carbocycles. The van der Waals surface area contributed by atoms with Crippen molar-refractivity contribution in [2.45, 2.75) is 45.7 Å². The fourth-order valence-electron chi connectivity index (χ4n) is 5.07. The molecule has 2 aliphatic heterocycles. The fourth-order valence-corrected chi connectivity index (χ4v) is 5.07. The van der Waals surface area contributed by atoms with Gasteiger partial charge in [-0.05, 0) is 39.3 Å². The van der Waals surface area contributed by atoms with Gasteiger partial charge in [-0.3, -0.25) is 4.79 Å². The number of nitrogens with zero attached hydrogens (tertiary/aromatic N) is 4. The van der Waals surface area contributed by atoms with Crippen LogP contribution in [0.2, 0.25) is 0 Å². The van der Waals surface area contributed by atoms with Crippen molar-refractivity contribution < 1.29 is 9.53 Å². The van der Waals surface area contributed by atoms with Crippen LogP contribution in [-0.2, 0) is 21.5 Å². The second kappa shape index (κ2) is 7.34. The molecule has 4 heterocycles. The van der Waals surface area contributed by atoms with Crippen LogP contribution in [0.1, 0.15) is 39.0 Å². The van der Waals surface area contributed by atoms with Gasteiger partial charge in [0.05, 0.1) is 30.5 Å². The van der Waals surface area contributed by atoms with Crippen LogP contribution < -0.4 is 4.90 Å². The second-order valence-corrected chi connectivity index (χ2v) is 9.04. The van der Waals surface area contributed by atoms with Gasteiger partial charge in [0.1, 0.15) is 5.82 Å². The molecule has 2 aliphatic rings. The summed E-state index contributed by atoms with van der Waals surface area (Å²) in [6, 6.07) is 8.46. The molecule has 0 saturated carbocycles. The number of carbonyl (C=O) groups is 1. The van der Waals surface area contributed by atoms with Crippen molar-refractivity contribution in [1.29, 1.82) is 0 Å². The zero-order valence-electron chi connectivity index (χ0n) is 18.6. The van der Waals surface area contributed by atoms with Gasteiger partial charge < -0.3 is 19.5 Å². The molecular weight excluding hydrogens is 390 g/mol. The predicted molar refractivity (Wildman–Crippen MR) is 121 cm³/mol. The average molecular weight is 420 g/mol. The molecule has 7 heteroatoms. The monoisotopic (exact) mass is 419 g/mol. The van der Waals surface area contributed by atoms with Crippen LogP contribution in [0.3, 0.4) is 0 Å². The summed E-state index contributed by atoms with van der Waals surface area (Å²) in [6.45, 7) is 10.8. The SMILES string of the molecule is CC(=O)N1CCc2c(N3CCOC[C@H]3C)nc(-c3cccc4[nH]ccc34)nc2C1(C)C. The van der Waals surface area contributed by atoms with Crippen molar-refractivity contribution in [1.82, 2.24) is 19.9 Å². The number of H-pyrrole nitrogens is 1. The molecule has 31 heavy (non-hydrogen) atoms. The minimum absolute atomic E-state index is 0.0739. The topological polar surface area (TPSA) is 74.3 Å². The molecule has 0 spiro atoms. The molecule has 162 valence electrons. The summed E-state index contributed by atoms with van der Waals surface area (Å²) in [4.78, 5) is 30.2. The maximum atomic E-state index is 12.4. The minimum Gasteiger partial charge on any atom is -0.377 e. The smallest absolute Gasteiger partial charge is 0.220 e. The predicted octanol–water partition coefficient (Wildman–Crippen LogP) is 3.49. The van der Waals surface area contributed by atoms with E-state index in [1.54, 1.807) is 6.92 Å². The zero-order chi connectivity index (χ0) is 21.8. The summed E-state index contributed by atoms with van der Waals surface area (Å²) in [7, 11) is 0. The van der Waals surface area contributed by atoms with Gasteiger partial charge in [0, 0.05) is 48.2 Å². The number of hydrogen-bond acceptors (Lipinski definition) is 5. The molecule has 5 rings (SSSR count). The van der Waals surface area contributed by atoms with Gasteiger partial charge in [0.2, 0.25) is 5.91 Å². The molecule has 7 nitrogen and oxygen atoms in total. The number of hydrogen-bond donors (Lipinski definition) is 1. The molecular formula is C24H29N5O2. The number of ether oxygens (including phenoxy) is 1. The first kappa shape index (κ1) is 20.0. The van der Waals surface area contributed by atoms with Gasteiger partial charge in [0.15, 0.2) is 5.82 Å². The highest BCUT2D eigenvalue weighted by molar-refractivity contribution is 5.93. The number of amides is 1. The molecule has 1 atom stereocenters. The van der Waals surface area contributed by atoms with E-state index in [0.29, 0.717) is 25.6 Å². The molecule has 0 bridgehead atoms. The summed E-state index contributed by atoms with van der Waals surface area (Å²) in [6.07, 6.45) is 2.70. The highest BCUT2D eigenvalue weighted by Crippen LogP contribution is 2.40. The molecule has 0 aliphatic carbocycles. The normalized spacial score (nSPS) is 20.7. The van der Waals surface area contributed by atoms with Gasteiger partial charge in [-0.2, -0.15) is 0 Å². The zero-order valence-corrected chi connectivity index (χ0v) is 18.6. The van der Waals surface area contributed by atoms with Crippen LogP contribution in [0.15, 0.2) is 30.5 Å². The standard InChI is InChI=1S/C24H29N5O2/c1-15-14-31-13-12-28(15)23-19-9-11-29(16(2)30)24(3,4)21(19)26-22(27-23)18-6-5-7-20-17(18)8-10-25-20/h5-8,10,15,25H,9,11-14H2,1-4H3/t15-/m1/s1. The third kappa shape index (κ3) is 3.19. The van der Waals surface area contributed by atoms with E-state index in [1.165, 1.54) is 0 Å². The second-order valence-electron chi connectivity index (χ2n) is 9.04. The molecule has 1 N–H and O–H groups in total. The molecule has 1 amide bonds. The number of anilines is 1. The van der Waals surface area contributed by atoms with E-state index in [1.807, 2.05) is 17.2 Å². The summed E-state index contributed by atoms with van der Waals surface area (Å²) in [5, 5.41) is 1.10. The molecule has 2 aromatic heterocycles. The van der Waals surface area contributed by atoms with Crippen LogP contribution >= 0.6 is 0 Å². The maximum Gasteiger partial charge on any atom is 0.220 e. The van der Waals surface area contributed by atoms with Crippen LogP contribution in [0, 0.1) is 0 Å². The van der Waals surface area contributed by atoms with Crippen molar-refractivity contribution in [2.75, 3.05) is 31.2 Å². The van der Waals surface area contributed by atoms with Crippen LogP contribution in [-0.4, -0.2) is 58.1 Å². The summed E-state index contributed by atoms with van der Waals surface area (Å²) in [5.41, 5.74) is 3.65. The Morgan fingerprint density at radius 3 is 2.84 bits per heavy atom. The first-order chi connectivity index (χ1) is 14.9. The maximum absolute atomic E-state index is 12.4. The number of morpholine rings is 1. The fraction of sp³-hybridized carbons (Fsp3) is 0.458. The van der Waals surface area contributed by atoms with Crippen molar-refractivity contribution in [3.8, 4) is 11.4 Å². The lowest BCUT2D eigenvalue weighted by Gasteiger charge is -2.44. The number of nitrogens with one attached hydrogen (secondary N) is 1. The molecule has 0 radical (unpaired) electrons. The molecule has 1 saturated heterocycles. The van der Waals surface area contributed by atoms with E-state index >= 15 is 0 Å². The lowest BCUT2D eigenvalue weighted by Crippen LogP contribution is -2.51. The van der Waals surface area contributed by atoms with Crippen molar-refractivity contribution in [2.24, 2.45) is 0 Å². The average Bonchev–Trinajstić information content (AvgIpc) is 3.22. The number of aromatic amines is 1. The van der Waals surface area contributed by atoms with E-state index in [2.05, 4.69) is 48.9 Å². The van der Waals surface area contributed by atoms with Crippen LogP contribution in [0.4, 0.5) is 5.82 Å². The van der Waals surface area contributed by atoms with E-state index < -0.39 is 5.54 Å². The van der Waals surface area contributed by atoms with E-state index in [-0.39, 0.29) is 11.9 Å². The van der Waals surface area contributed by atoms with E-state index in [0.717, 1.165) is 46.5 Å². The molecule has 3 aromatic rings. The molecule has 0 unspecified atom stereocenters. The number of aromatic nitrogens is 3. The Morgan fingerprint density at radius 2 is 2.06 bits per heavy atom. The lowest BCUT2D eigenvalue weighted by molar-refractivity contribution is -0.135. The van der Waals surface area contributed by atoms with Gasteiger partial charge in [-0.15, -0.1) is 0 Å². The summed E-state index contributed by atoms with van der Waals surface area (Å²) < 4.78 is 5.69. The third-order valence-corrected chi connectivity index (χ3v) is 6.68. The highest BCUT2D eigenvalue weighted by atomic mass is 16.5. The Bertz CT molecular complexity index is 1150. The van der Waals surface area contributed by atoms with E-state index in [9.17, 15) is 4.79 Å². The van der Waals surface area contributed by atoms with Crippen LogP contribution in [0.5, 0.6) is 0 Å². The molecule has 1 fully saturated rings. The van der Waals surface area contributed by atoms with Gasteiger partial charge >= 0.3 is 0 Å². The van der Waals surface area contributed by atoms with Crippen molar-refractivity contribution in [3.05, 3.63) is 41.7 Å². The Balaban J connectivity index is 1.75. The van der Waals surface area contributed by atoms with Gasteiger partial charge in [-0.25, -0.2) is 9.97 Å². The number of carbonyl (C=O) groups excluding carboxylic acids is 1. The summed E-state index contributed by atoms with van der Waals surface area (Å²) >= 11 is 0. The third-order valence-electron chi connectivity index (χ3n) is 6.68. The Hall–Kier alpha value is -2.93.